The third-order valence-corrected chi connectivity index (χ3v) is 7.71. The summed E-state index contributed by atoms with van der Waals surface area (Å²) in [4.78, 5) is 28.5. The van der Waals surface area contributed by atoms with E-state index in [1.54, 1.807) is 0 Å². The number of carbonyl (C=O) groups excluding carboxylic acids is 2. The van der Waals surface area contributed by atoms with Crippen molar-refractivity contribution in [2.75, 3.05) is 13.1 Å². The molecule has 0 radical (unpaired) electrons. The molecular formula is C22H36N2O2. The lowest BCUT2D eigenvalue weighted by Gasteiger charge is -2.56. The van der Waals surface area contributed by atoms with E-state index in [1.165, 1.54) is 25.7 Å². The lowest BCUT2D eigenvalue weighted by atomic mass is 9.49. The molecule has 4 nitrogen and oxygen atoms in total. The van der Waals surface area contributed by atoms with Gasteiger partial charge in [0.2, 0.25) is 11.8 Å². The summed E-state index contributed by atoms with van der Waals surface area (Å²) >= 11 is 0. The van der Waals surface area contributed by atoms with Gasteiger partial charge in [0.1, 0.15) is 6.04 Å². The number of rotatable bonds is 4. The van der Waals surface area contributed by atoms with Crippen molar-refractivity contribution in [3.63, 3.8) is 0 Å². The van der Waals surface area contributed by atoms with Crippen LogP contribution in [0.2, 0.25) is 0 Å². The Labute approximate surface area is 158 Å². The van der Waals surface area contributed by atoms with Crippen molar-refractivity contribution in [2.24, 2.45) is 35.0 Å². The normalized spacial score (nSPS) is 39.9. The predicted molar refractivity (Wildman–Crippen MR) is 102 cm³/mol. The van der Waals surface area contributed by atoms with E-state index in [1.807, 2.05) is 4.90 Å². The number of nitrogens with one attached hydrogen (secondary N) is 1. The van der Waals surface area contributed by atoms with Gasteiger partial charge in [0.05, 0.1) is 0 Å². The van der Waals surface area contributed by atoms with Crippen molar-refractivity contribution in [1.29, 1.82) is 0 Å². The van der Waals surface area contributed by atoms with Gasteiger partial charge in [-0.1, -0.05) is 20.8 Å². The fourth-order valence-corrected chi connectivity index (χ4v) is 6.78. The summed E-state index contributed by atoms with van der Waals surface area (Å²) < 4.78 is 0. The highest BCUT2D eigenvalue weighted by atomic mass is 16.2. The molecule has 1 aliphatic heterocycles. The van der Waals surface area contributed by atoms with E-state index in [9.17, 15) is 9.59 Å². The summed E-state index contributed by atoms with van der Waals surface area (Å²) in [5.41, 5.74) is -0.169. The number of likely N-dealkylation sites (tertiary alicyclic amines) is 1. The van der Waals surface area contributed by atoms with Gasteiger partial charge in [-0.05, 0) is 81.0 Å². The molecule has 0 aromatic rings. The molecule has 4 aliphatic carbocycles. The molecule has 0 spiro atoms. The van der Waals surface area contributed by atoms with Crippen LogP contribution in [0, 0.1) is 35.0 Å². The molecule has 0 unspecified atom stereocenters. The molecule has 4 bridgehead atoms. The highest BCUT2D eigenvalue weighted by Crippen LogP contribution is 2.60. The Morgan fingerprint density at radius 1 is 1.04 bits per heavy atom. The second-order valence-corrected chi connectivity index (χ2v) is 10.4. The minimum Gasteiger partial charge on any atom is -0.344 e. The average molecular weight is 361 g/mol. The quantitative estimate of drug-likeness (QED) is 0.833. The molecule has 4 saturated carbocycles. The highest BCUT2D eigenvalue weighted by molar-refractivity contribution is 5.90. The molecule has 5 rings (SSSR count). The Bertz CT molecular complexity index is 535. The zero-order valence-electron chi connectivity index (χ0n) is 16.8. The van der Waals surface area contributed by atoms with Gasteiger partial charge >= 0.3 is 0 Å². The summed E-state index contributed by atoms with van der Waals surface area (Å²) in [6.07, 6.45) is 9.48. The Kier molecular flexibility index (Phi) is 4.81. The van der Waals surface area contributed by atoms with Crippen LogP contribution in [0.4, 0.5) is 0 Å². The first kappa shape index (κ1) is 18.3. The van der Waals surface area contributed by atoms with Crippen molar-refractivity contribution in [3.8, 4) is 0 Å². The van der Waals surface area contributed by atoms with Crippen LogP contribution in [0.15, 0.2) is 0 Å². The van der Waals surface area contributed by atoms with E-state index in [0.29, 0.717) is 5.92 Å². The number of carbonyl (C=O) groups is 2. The largest absolute Gasteiger partial charge is 0.344 e. The smallest absolute Gasteiger partial charge is 0.245 e. The SMILES string of the molecule is CC(C)[C@H](NC(=O)C12CC3CC(CC(C3)C1)C2)C(=O)N1CCC[C@H](C)C1. The summed E-state index contributed by atoms with van der Waals surface area (Å²) in [6, 6.07) is -0.360. The van der Waals surface area contributed by atoms with E-state index in [4.69, 9.17) is 0 Å². The van der Waals surface area contributed by atoms with Gasteiger partial charge in [-0.25, -0.2) is 0 Å². The Morgan fingerprint density at radius 2 is 1.62 bits per heavy atom. The number of hydrogen-bond donors (Lipinski definition) is 1. The second kappa shape index (κ2) is 6.83. The van der Waals surface area contributed by atoms with Crippen molar-refractivity contribution >= 4 is 11.8 Å². The monoisotopic (exact) mass is 360 g/mol. The Balaban J connectivity index is 1.46. The topological polar surface area (TPSA) is 49.4 Å². The average Bonchev–Trinajstić information content (AvgIpc) is 2.57. The van der Waals surface area contributed by atoms with E-state index in [0.717, 1.165) is 56.5 Å². The van der Waals surface area contributed by atoms with Crippen LogP contribution < -0.4 is 5.32 Å². The van der Waals surface area contributed by atoms with Crippen LogP contribution in [-0.4, -0.2) is 35.8 Å². The van der Waals surface area contributed by atoms with E-state index in [-0.39, 0.29) is 29.2 Å². The zero-order valence-corrected chi connectivity index (χ0v) is 16.8. The van der Waals surface area contributed by atoms with Crippen LogP contribution in [0.3, 0.4) is 0 Å². The molecule has 1 saturated heterocycles. The van der Waals surface area contributed by atoms with Gasteiger partial charge in [-0.2, -0.15) is 0 Å². The molecule has 1 heterocycles. The van der Waals surface area contributed by atoms with Gasteiger partial charge < -0.3 is 10.2 Å². The summed E-state index contributed by atoms with van der Waals surface area (Å²) in [6.45, 7) is 8.04. The third-order valence-electron chi connectivity index (χ3n) is 7.71. The van der Waals surface area contributed by atoms with Crippen LogP contribution in [-0.2, 0) is 9.59 Å². The molecule has 5 fully saturated rings. The fourth-order valence-electron chi connectivity index (χ4n) is 6.78. The lowest BCUT2D eigenvalue weighted by Crippen LogP contribution is -2.59. The standard InChI is InChI=1S/C22H36N2O2/c1-14(2)19(20(25)24-6-4-5-15(3)13-24)23-21(26)22-10-16-7-17(11-22)9-18(8-16)12-22/h14-19H,4-13H2,1-3H3,(H,23,26)/t15-,16?,17?,18?,19-,22?/m0/s1. The number of amides is 2. The predicted octanol–water partition coefficient (Wildman–Crippen LogP) is 3.60. The summed E-state index contributed by atoms with van der Waals surface area (Å²) in [5, 5.41) is 3.26. The zero-order chi connectivity index (χ0) is 18.5. The van der Waals surface area contributed by atoms with Gasteiger partial charge in [0.25, 0.3) is 0 Å². The maximum absolute atomic E-state index is 13.4. The summed E-state index contributed by atoms with van der Waals surface area (Å²) in [5.74, 6) is 3.30. The first-order valence-corrected chi connectivity index (χ1v) is 11.0. The molecule has 0 aromatic heterocycles. The second-order valence-electron chi connectivity index (χ2n) is 10.4. The van der Waals surface area contributed by atoms with Crippen molar-refractivity contribution < 1.29 is 9.59 Å². The van der Waals surface area contributed by atoms with Gasteiger partial charge in [-0.15, -0.1) is 0 Å². The first-order chi connectivity index (χ1) is 12.4. The Hall–Kier alpha value is -1.06. The van der Waals surface area contributed by atoms with E-state index >= 15 is 0 Å². The molecule has 0 aromatic carbocycles. The van der Waals surface area contributed by atoms with Crippen LogP contribution in [0.1, 0.15) is 72.1 Å². The number of hydrogen-bond acceptors (Lipinski definition) is 2. The first-order valence-electron chi connectivity index (χ1n) is 11.0. The number of nitrogens with zero attached hydrogens (tertiary/aromatic N) is 1. The van der Waals surface area contributed by atoms with Crippen molar-refractivity contribution in [2.45, 2.75) is 78.2 Å². The van der Waals surface area contributed by atoms with Gasteiger partial charge in [-0.3, -0.25) is 9.59 Å². The fraction of sp³-hybridized carbons (Fsp3) is 0.909. The molecular weight excluding hydrogens is 324 g/mol. The molecule has 26 heavy (non-hydrogen) atoms. The van der Waals surface area contributed by atoms with Gasteiger partial charge in [0, 0.05) is 18.5 Å². The van der Waals surface area contributed by atoms with Crippen molar-refractivity contribution in [3.05, 3.63) is 0 Å². The third kappa shape index (κ3) is 3.29. The maximum atomic E-state index is 13.4. The molecule has 2 amide bonds. The van der Waals surface area contributed by atoms with Crippen LogP contribution >= 0.6 is 0 Å². The lowest BCUT2D eigenvalue weighted by molar-refractivity contribution is -0.151. The van der Waals surface area contributed by atoms with Crippen molar-refractivity contribution in [1.82, 2.24) is 10.2 Å². The van der Waals surface area contributed by atoms with Gasteiger partial charge in [0.15, 0.2) is 0 Å². The molecule has 146 valence electrons. The minimum absolute atomic E-state index is 0.137. The summed E-state index contributed by atoms with van der Waals surface area (Å²) in [7, 11) is 0. The molecule has 4 heteroatoms. The van der Waals surface area contributed by atoms with E-state index in [2.05, 4.69) is 26.1 Å². The molecule has 1 N–H and O–H groups in total. The molecule has 5 aliphatic rings. The Morgan fingerprint density at radius 3 is 2.12 bits per heavy atom. The maximum Gasteiger partial charge on any atom is 0.245 e. The molecule has 2 atom stereocenters. The van der Waals surface area contributed by atoms with Crippen LogP contribution in [0.25, 0.3) is 0 Å². The highest BCUT2D eigenvalue weighted by Gasteiger charge is 2.55. The van der Waals surface area contributed by atoms with Crippen LogP contribution in [0.5, 0.6) is 0 Å². The van der Waals surface area contributed by atoms with E-state index < -0.39 is 0 Å². The number of piperidine rings is 1. The minimum atomic E-state index is -0.360.